The van der Waals surface area contributed by atoms with Gasteiger partial charge in [0.15, 0.2) is 0 Å². The van der Waals surface area contributed by atoms with Crippen molar-refractivity contribution in [2.24, 2.45) is 17.4 Å². The zero-order chi connectivity index (χ0) is 27.0. The van der Waals surface area contributed by atoms with Gasteiger partial charge in [-0.2, -0.15) is 0 Å². The number of primary amides is 1. The standard InChI is InChI=1S/C24H34N6O6/c1-12(2)20(26)23(34)28-13(3)21(32)30-18(10-14-11-27-16-7-5-4-6-15(14)16)22(33)29-17(24(35)36)8-9-19(25)31/h4-7,11-13,17-18,20,27H,8-10,26H2,1-3H3,(H2,25,31)(H,28,34)(H,29,33)(H,30,32)(H,35,36). The maximum atomic E-state index is 13.1. The number of aromatic nitrogens is 1. The van der Waals surface area contributed by atoms with Gasteiger partial charge in [0.25, 0.3) is 0 Å². The summed E-state index contributed by atoms with van der Waals surface area (Å²) in [4.78, 5) is 64.1. The molecular formula is C24H34N6O6. The Bertz CT molecular complexity index is 1110. The number of fused-ring (bicyclic) bond motifs is 1. The molecular weight excluding hydrogens is 468 g/mol. The van der Waals surface area contributed by atoms with Crippen LogP contribution in [-0.2, 0) is 30.4 Å². The minimum Gasteiger partial charge on any atom is -0.480 e. The van der Waals surface area contributed by atoms with Gasteiger partial charge < -0.3 is 37.5 Å². The molecule has 0 spiro atoms. The molecule has 1 aromatic heterocycles. The molecule has 2 rings (SSSR count). The van der Waals surface area contributed by atoms with Crippen molar-refractivity contribution < 1.29 is 29.1 Å². The smallest absolute Gasteiger partial charge is 0.326 e. The fourth-order valence-electron chi connectivity index (χ4n) is 3.52. The van der Waals surface area contributed by atoms with Crippen LogP contribution in [0.5, 0.6) is 0 Å². The average Bonchev–Trinajstić information content (AvgIpc) is 3.22. The number of rotatable bonds is 13. The number of H-pyrrole nitrogens is 1. The van der Waals surface area contributed by atoms with Crippen LogP contribution < -0.4 is 27.4 Å². The maximum Gasteiger partial charge on any atom is 0.326 e. The Kier molecular flexibility index (Phi) is 9.97. The van der Waals surface area contributed by atoms with Crippen molar-refractivity contribution in [2.75, 3.05) is 0 Å². The SMILES string of the molecule is CC(NC(=O)C(N)C(C)C)C(=O)NC(Cc1c[nH]c2ccccc12)C(=O)NC(CCC(N)=O)C(=O)O. The highest BCUT2D eigenvalue weighted by atomic mass is 16.4. The van der Waals surface area contributed by atoms with Crippen LogP contribution in [0.3, 0.4) is 0 Å². The van der Waals surface area contributed by atoms with Crippen LogP contribution in [0.2, 0.25) is 0 Å². The Morgan fingerprint density at radius 2 is 1.58 bits per heavy atom. The number of hydrogen-bond donors (Lipinski definition) is 7. The summed E-state index contributed by atoms with van der Waals surface area (Å²) in [6.07, 6.45) is 1.29. The molecule has 12 nitrogen and oxygen atoms in total. The van der Waals surface area contributed by atoms with Crippen molar-refractivity contribution in [1.29, 1.82) is 0 Å². The number of carboxylic acids is 1. The molecule has 36 heavy (non-hydrogen) atoms. The summed E-state index contributed by atoms with van der Waals surface area (Å²) in [6, 6.07) is 2.99. The molecule has 0 aliphatic rings. The van der Waals surface area contributed by atoms with E-state index in [2.05, 4.69) is 20.9 Å². The van der Waals surface area contributed by atoms with Gasteiger partial charge in [-0.1, -0.05) is 32.0 Å². The molecule has 12 heteroatoms. The van der Waals surface area contributed by atoms with Gasteiger partial charge in [-0.15, -0.1) is 0 Å². The number of nitrogens with two attached hydrogens (primary N) is 2. The van der Waals surface area contributed by atoms with Gasteiger partial charge in [-0.3, -0.25) is 19.2 Å². The number of hydrogen-bond acceptors (Lipinski definition) is 6. The lowest BCUT2D eigenvalue weighted by Crippen LogP contribution is -2.57. The van der Waals surface area contributed by atoms with E-state index in [1.165, 1.54) is 6.92 Å². The Labute approximate surface area is 208 Å². The van der Waals surface area contributed by atoms with Gasteiger partial charge >= 0.3 is 5.97 Å². The molecule has 4 amide bonds. The zero-order valence-corrected chi connectivity index (χ0v) is 20.5. The number of benzene rings is 1. The van der Waals surface area contributed by atoms with Crippen LogP contribution in [0.25, 0.3) is 10.9 Å². The number of aliphatic carboxylic acids is 1. The van der Waals surface area contributed by atoms with E-state index in [1.54, 1.807) is 20.0 Å². The summed E-state index contributed by atoms with van der Waals surface area (Å²) in [5.41, 5.74) is 12.5. The molecule has 0 bridgehead atoms. The minimum absolute atomic E-state index is 0.0376. The van der Waals surface area contributed by atoms with Crippen LogP contribution in [0.1, 0.15) is 39.2 Å². The first-order valence-electron chi connectivity index (χ1n) is 11.6. The number of carboxylic acid groups (broad SMARTS) is 1. The third-order valence-electron chi connectivity index (χ3n) is 5.80. The Hall–Kier alpha value is -3.93. The summed E-state index contributed by atoms with van der Waals surface area (Å²) in [5, 5.41) is 17.8. The van der Waals surface area contributed by atoms with Gasteiger partial charge in [0.2, 0.25) is 23.6 Å². The van der Waals surface area contributed by atoms with Gasteiger partial charge in [-0.05, 0) is 30.9 Å². The molecule has 0 fully saturated rings. The second-order valence-corrected chi connectivity index (χ2v) is 9.03. The Balaban J connectivity index is 2.23. The second kappa shape index (κ2) is 12.7. The summed E-state index contributed by atoms with van der Waals surface area (Å²) >= 11 is 0. The summed E-state index contributed by atoms with van der Waals surface area (Å²) < 4.78 is 0. The van der Waals surface area contributed by atoms with Gasteiger partial charge in [0.05, 0.1) is 6.04 Å². The quantitative estimate of drug-likeness (QED) is 0.191. The first-order valence-corrected chi connectivity index (χ1v) is 11.6. The van der Waals surface area contributed by atoms with E-state index in [0.717, 1.165) is 10.9 Å². The highest BCUT2D eigenvalue weighted by Gasteiger charge is 2.30. The van der Waals surface area contributed by atoms with Crippen molar-refractivity contribution in [3.05, 3.63) is 36.0 Å². The number of carbonyl (C=O) groups excluding carboxylic acids is 4. The predicted molar refractivity (Wildman–Crippen MR) is 132 cm³/mol. The Morgan fingerprint density at radius 3 is 2.19 bits per heavy atom. The molecule has 0 aliphatic carbocycles. The Morgan fingerprint density at radius 1 is 0.944 bits per heavy atom. The van der Waals surface area contributed by atoms with Crippen molar-refractivity contribution in [2.45, 2.75) is 64.2 Å². The maximum absolute atomic E-state index is 13.1. The lowest BCUT2D eigenvalue weighted by atomic mass is 10.0. The third kappa shape index (κ3) is 7.80. The van der Waals surface area contributed by atoms with Crippen LogP contribution in [0, 0.1) is 5.92 Å². The zero-order valence-electron chi connectivity index (χ0n) is 20.5. The lowest BCUT2D eigenvalue weighted by molar-refractivity contribution is -0.142. The first kappa shape index (κ1) is 28.3. The highest BCUT2D eigenvalue weighted by molar-refractivity contribution is 5.94. The van der Waals surface area contributed by atoms with E-state index in [0.29, 0.717) is 5.56 Å². The molecule has 1 heterocycles. The molecule has 196 valence electrons. The monoisotopic (exact) mass is 502 g/mol. The molecule has 4 unspecified atom stereocenters. The number of nitrogens with one attached hydrogen (secondary N) is 4. The van der Waals surface area contributed by atoms with E-state index in [1.807, 2.05) is 24.3 Å². The van der Waals surface area contributed by atoms with Crippen LogP contribution >= 0.6 is 0 Å². The number of para-hydroxylation sites is 1. The molecule has 9 N–H and O–H groups in total. The highest BCUT2D eigenvalue weighted by Crippen LogP contribution is 2.19. The lowest BCUT2D eigenvalue weighted by Gasteiger charge is -2.24. The van der Waals surface area contributed by atoms with E-state index in [-0.39, 0.29) is 25.2 Å². The fourth-order valence-corrected chi connectivity index (χ4v) is 3.52. The van der Waals surface area contributed by atoms with Gasteiger partial charge in [0, 0.05) is 29.9 Å². The van der Waals surface area contributed by atoms with Gasteiger partial charge in [0.1, 0.15) is 18.1 Å². The average molecular weight is 503 g/mol. The molecule has 0 saturated heterocycles. The largest absolute Gasteiger partial charge is 0.480 e. The summed E-state index contributed by atoms with van der Waals surface area (Å²) in [5.74, 6) is -4.11. The molecule has 0 aliphatic heterocycles. The normalized spacial score (nSPS) is 14.5. The first-order chi connectivity index (χ1) is 16.9. The van der Waals surface area contributed by atoms with E-state index in [9.17, 15) is 29.1 Å². The van der Waals surface area contributed by atoms with E-state index >= 15 is 0 Å². The van der Waals surface area contributed by atoms with Gasteiger partial charge in [-0.25, -0.2) is 4.79 Å². The van der Waals surface area contributed by atoms with Crippen LogP contribution in [0.4, 0.5) is 0 Å². The fraction of sp³-hybridized carbons (Fsp3) is 0.458. The minimum atomic E-state index is -1.38. The summed E-state index contributed by atoms with van der Waals surface area (Å²) in [7, 11) is 0. The van der Waals surface area contributed by atoms with Crippen LogP contribution in [0.15, 0.2) is 30.5 Å². The summed E-state index contributed by atoms with van der Waals surface area (Å²) in [6.45, 7) is 5.00. The van der Waals surface area contributed by atoms with Crippen molar-refractivity contribution in [3.8, 4) is 0 Å². The van der Waals surface area contributed by atoms with E-state index < -0.39 is 53.8 Å². The molecule has 2 aromatic rings. The second-order valence-electron chi connectivity index (χ2n) is 9.03. The molecule has 0 radical (unpaired) electrons. The van der Waals surface area contributed by atoms with Crippen LogP contribution in [-0.4, -0.2) is 63.9 Å². The topological polar surface area (TPSA) is 209 Å². The number of carbonyl (C=O) groups is 5. The number of amides is 4. The number of aromatic amines is 1. The predicted octanol–water partition coefficient (Wildman–Crippen LogP) is -0.482. The van der Waals surface area contributed by atoms with Crippen molar-refractivity contribution in [3.63, 3.8) is 0 Å². The van der Waals surface area contributed by atoms with Crippen molar-refractivity contribution in [1.82, 2.24) is 20.9 Å². The molecule has 1 aromatic carbocycles. The molecule has 4 atom stereocenters. The van der Waals surface area contributed by atoms with E-state index in [4.69, 9.17) is 11.5 Å². The molecule has 0 saturated carbocycles. The van der Waals surface area contributed by atoms with Crippen molar-refractivity contribution >= 4 is 40.5 Å². The third-order valence-corrected chi connectivity index (χ3v) is 5.80.